The van der Waals surface area contributed by atoms with Crippen LogP contribution in [0.25, 0.3) is 33.4 Å². The highest BCUT2D eigenvalue weighted by atomic mass is 35.5. The van der Waals surface area contributed by atoms with Gasteiger partial charge in [0.15, 0.2) is 0 Å². The largest absolute Gasteiger partial charge is 0.506 e. The van der Waals surface area contributed by atoms with Crippen LogP contribution in [-0.4, -0.2) is 122 Å². The highest BCUT2D eigenvalue weighted by molar-refractivity contribution is 6.33. The number of carboxylic acid groups (broad SMARTS) is 4. The monoisotopic (exact) mass is 886 g/mol. The Morgan fingerprint density at radius 2 is 1.20 bits per heavy atom. The summed E-state index contributed by atoms with van der Waals surface area (Å²) in [5.41, 5.74) is 1.23. The zero-order valence-electron chi connectivity index (χ0n) is 32.6. The summed E-state index contributed by atoms with van der Waals surface area (Å²) >= 11 is 12.8. The van der Waals surface area contributed by atoms with Gasteiger partial charge in [0.1, 0.15) is 80.3 Å². The molecule has 1 aliphatic heterocycles. The number of aliphatic carboxylic acids is 4. The lowest BCUT2D eigenvalue weighted by Crippen LogP contribution is -2.35. The Morgan fingerprint density at radius 1 is 0.639 bits per heavy atom. The maximum Gasteiger partial charge on any atom is 0.323 e. The summed E-state index contributed by atoms with van der Waals surface area (Å²) in [6.45, 7) is -1.10. The topological polar surface area (TPSA) is 252 Å². The van der Waals surface area contributed by atoms with Gasteiger partial charge in [-0.3, -0.25) is 24.0 Å². The molecule has 5 rings (SSSR count). The first-order valence-electron chi connectivity index (χ1n) is 18.3. The Hall–Kier alpha value is -6.47. The maximum atomic E-state index is 12.7. The van der Waals surface area contributed by atoms with Crippen molar-refractivity contribution >= 4 is 69.4 Å². The molecule has 0 spiro atoms. The molecule has 5 N–H and O–H groups in total. The van der Waals surface area contributed by atoms with E-state index in [1.54, 1.807) is 19.1 Å². The molecule has 61 heavy (non-hydrogen) atoms. The number of halogens is 2. The highest BCUT2D eigenvalue weighted by Gasteiger charge is 2.27. The predicted molar refractivity (Wildman–Crippen MR) is 222 cm³/mol. The van der Waals surface area contributed by atoms with Crippen LogP contribution in [-0.2, 0) is 28.7 Å². The summed E-state index contributed by atoms with van der Waals surface area (Å²) in [5.74, 6) is -5.42. The van der Waals surface area contributed by atoms with Crippen molar-refractivity contribution < 1.29 is 72.8 Å². The van der Waals surface area contributed by atoms with Crippen LogP contribution >= 0.6 is 23.2 Å². The summed E-state index contributed by atoms with van der Waals surface area (Å²) in [4.78, 5) is 62.3. The van der Waals surface area contributed by atoms with Crippen molar-refractivity contribution in [3.05, 3.63) is 80.4 Å². The van der Waals surface area contributed by atoms with Crippen LogP contribution in [0.2, 0.25) is 10.0 Å². The average molecular weight is 888 g/mol. The average Bonchev–Trinajstić information content (AvgIpc) is 3.17. The number of nitrogens with zero attached hydrogens (tertiary/aromatic N) is 2. The van der Waals surface area contributed by atoms with Gasteiger partial charge in [-0.05, 0) is 42.8 Å². The van der Waals surface area contributed by atoms with Gasteiger partial charge in [0.05, 0.1) is 41.2 Å². The third kappa shape index (κ3) is 11.8. The zero-order chi connectivity index (χ0) is 44.4. The number of anilines is 2. The van der Waals surface area contributed by atoms with E-state index in [1.807, 2.05) is 0 Å². The number of rotatable bonds is 23. The quantitative estimate of drug-likeness (QED) is 0.0410. The Morgan fingerprint density at radius 3 is 1.80 bits per heavy atom. The fraction of sp³-hybridized carbons (Fsp3) is 0.293. The van der Waals surface area contributed by atoms with Gasteiger partial charge in [-0.15, -0.1) is 0 Å². The third-order valence-corrected chi connectivity index (χ3v) is 9.39. The lowest BCUT2D eigenvalue weighted by atomic mass is 9.92. The molecule has 0 radical (unpaired) electrons. The minimum atomic E-state index is -1.37. The number of phenols is 1. The number of ether oxygens (including phenoxy) is 5. The molecule has 0 saturated carbocycles. The van der Waals surface area contributed by atoms with Gasteiger partial charge >= 0.3 is 23.9 Å². The van der Waals surface area contributed by atoms with Crippen molar-refractivity contribution in [1.29, 1.82) is 0 Å². The van der Waals surface area contributed by atoms with Crippen molar-refractivity contribution in [2.24, 2.45) is 0 Å². The molecule has 0 amide bonds. The van der Waals surface area contributed by atoms with Gasteiger partial charge in [0, 0.05) is 47.4 Å². The number of aromatic hydroxyl groups is 1. The number of hydrogen-bond donors (Lipinski definition) is 5. The second kappa shape index (κ2) is 20.7. The fourth-order valence-electron chi connectivity index (χ4n) is 6.28. The zero-order valence-corrected chi connectivity index (χ0v) is 34.2. The van der Waals surface area contributed by atoms with Gasteiger partial charge in [0.2, 0.25) is 5.43 Å². The minimum Gasteiger partial charge on any atom is -0.506 e. The van der Waals surface area contributed by atoms with Gasteiger partial charge in [-0.2, -0.15) is 0 Å². The number of aryl methyl sites for hydroxylation is 1. The first kappa shape index (κ1) is 45.6. The number of carbonyl (C=O) groups is 4. The molecule has 1 aliphatic carbocycles. The summed E-state index contributed by atoms with van der Waals surface area (Å²) < 4.78 is 35.2. The van der Waals surface area contributed by atoms with Gasteiger partial charge < -0.3 is 63.4 Å². The minimum absolute atomic E-state index is 0.0287. The first-order valence-corrected chi connectivity index (χ1v) is 19.0. The van der Waals surface area contributed by atoms with Crippen LogP contribution in [0.15, 0.2) is 63.8 Å². The van der Waals surface area contributed by atoms with Crippen molar-refractivity contribution in [1.82, 2.24) is 0 Å². The summed E-state index contributed by atoms with van der Waals surface area (Å²) in [6, 6.07) is 12.8. The Bertz CT molecular complexity index is 2420. The van der Waals surface area contributed by atoms with Crippen molar-refractivity contribution in [2.45, 2.75) is 6.92 Å². The molecular formula is C41H40Cl2N2O16. The van der Waals surface area contributed by atoms with E-state index in [-0.39, 0.29) is 99.9 Å². The molecule has 3 aromatic rings. The Balaban J connectivity index is 1.67. The van der Waals surface area contributed by atoms with Crippen molar-refractivity contribution in [3.63, 3.8) is 0 Å². The predicted octanol–water partition coefficient (Wildman–Crippen LogP) is 5.34. The van der Waals surface area contributed by atoms with Crippen LogP contribution in [0.4, 0.5) is 11.4 Å². The number of methoxy groups -OCH3 is 1. The van der Waals surface area contributed by atoms with Crippen LogP contribution in [0.5, 0.6) is 23.0 Å². The molecule has 2 aliphatic rings. The van der Waals surface area contributed by atoms with E-state index in [4.69, 9.17) is 51.3 Å². The van der Waals surface area contributed by atoms with Crippen molar-refractivity contribution in [2.75, 3.05) is 82.7 Å². The van der Waals surface area contributed by atoms with E-state index in [2.05, 4.69) is 0 Å². The lowest BCUT2D eigenvalue weighted by Gasteiger charge is -2.27. The number of fused-ring (bicyclic) bond motifs is 2. The Kier molecular flexibility index (Phi) is 15.5. The molecule has 0 aromatic heterocycles. The number of hydrogen-bond acceptors (Lipinski definition) is 14. The molecule has 0 bridgehead atoms. The summed E-state index contributed by atoms with van der Waals surface area (Å²) in [7, 11) is 1.51. The van der Waals surface area contributed by atoms with E-state index in [0.717, 1.165) is 15.9 Å². The Labute approximate surface area is 356 Å². The fourth-order valence-corrected chi connectivity index (χ4v) is 6.61. The van der Waals surface area contributed by atoms with Crippen LogP contribution in [0, 0.1) is 6.92 Å². The van der Waals surface area contributed by atoms with Crippen LogP contribution in [0.3, 0.4) is 0 Å². The second-order valence-electron chi connectivity index (χ2n) is 13.3. The molecule has 0 fully saturated rings. The molecule has 1 heterocycles. The summed E-state index contributed by atoms with van der Waals surface area (Å²) in [6.07, 6.45) is 0. The number of carboxylic acids is 4. The molecular weight excluding hydrogens is 847 g/mol. The smallest absolute Gasteiger partial charge is 0.323 e. The molecule has 18 nitrogen and oxygen atoms in total. The second-order valence-corrected chi connectivity index (χ2v) is 14.1. The number of phenolic OH excluding ortho intramolecular Hbond substituents is 1. The third-order valence-electron chi connectivity index (χ3n) is 8.79. The highest BCUT2D eigenvalue weighted by Crippen LogP contribution is 2.49. The van der Waals surface area contributed by atoms with E-state index < -0.39 is 55.5 Å². The summed E-state index contributed by atoms with van der Waals surface area (Å²) in [5, 5.41) is 49.3. The van der Waals surface area contributed by atoms with Crippen LogP contribution in [0.1, 0.15) is 5.56 Å². The van der Waals surface area contributed by atoms with Gasteiger partial charge in [0.25, 0.3) is 0 Å². The van der Waals surface area contributed by atoms with E-state index in [1.165, 1.54) is 43.5 Å². The van der Waals surface area contributed by atoms with Crippen LogP contribution < -0.4 is 29.4 Å². The lowest BCUT2D eigenvalue weighted by molar-refractivity contribution is -0.138. The molecule has 3 aromatic carbocycles. The number of benzene rings is 4. The standard InChI is InChI=1S/C41H40Cl2N2O16/c1-22-3-4-28(44(18-37(48)49)19-38(50)51)35(11-22)59-9-10-60-36-14-25(32(58-8-7-57-6-5-56-2)15-29(36)45(20-39(52)53)21-40(54)55)41-23-12-26(42)30(46)16-33(23)61-34-17-31(47)27(43)13-24(34)41/h3-4,11-17,46H,5-10,18-21H2,1-2H3,(H,48,49)(H,50,51)(H,52,53)(H,54,55). The molecule has 0 atom stereocenters. The SMILES string of the molecule is COCCOCCOc1cc(N(CC(=O)O)CC(=O)O)c(OCCOc2cc(C)ccc2N(CC(=O)O)CC(=O)O)cc1-c1c2cc(Cl)c(=O)cc-2oc2cc(O)c(Cl)cc12. The molecule has 20 heteroatoms. The molecule has 324 valence electrons. The normalized spacial score (nSPS) is 11.1. The maximum absolute atomic E-state index is 12.7. The molecule has 0 saturated heterocycles. The van der Waals surface area contributed by atoms with E-state index in [9.17, 15) is 49.5 Å². The van der Waals surface area contributed by atoms with E-state index >= 15 is 0 Å². The first-order chi connectivity index (χ1) is 29.1. The van der Waals surface area contributed by atoms with E-state index in [0.29, 0.717) is 23.1 Å². The van der Waals surface area contributed by atoms with Gasteiger partial charge in [-0.25, -0.2) is 0 Å². The van der Waals surface area contributed by atoms with Crippen molar-refractivity contribution in [3.8, 4) is 45.4 Å². The van der Waals surface area contributed by atoms with Gasteiger partial charge in [-0.1, -0.05) is 29.3 Å². The molecule has 0 unspecified atom stereocenters.